The molecule has 0 aliphatic carbocycles. The highest BCUT2D eigenvalue weighted by Crippen LogP contribution is 2.20. The second-order valence-corrected chi connectivity index (χ2v) is 8.80. The standard InChI is InChI=1S/C23H19BrFN3O2S/c1-15-9-22(27-28(15)12-16-5-7-18(24)8-6-16)26-23(29)21-10-17(14-31-21)13-30-20-4-2-3-19(25)11-20/h2-11,14H,12-13H2,1H3,(H,26,27,29). The summed E-state index contributed by atoms with van der Waals surface area (Å²) in [5.74, 6) is 0.377. The quantitative estimate of drug-likeness (QED) is 0.337. The molecule has 2 heterocycles. The van der Waals surface area contributed by atoms with Crippen LogP contribution < -0.4 is 10.1 Å². The van der Waals surface area contributed by atoms with Gasteiger partial charge in [0, 0.05) is 27.9 Å². The van der Waals surface area contributed by atoms with Crippen LogP contribution in [0.2, 0.25) is 0 Å². The van der Waals surface area contributed by atoms with Crippen LogP contribution in [0.25, 0.3) is 0 Å². The van der Waals surface area contributed by atoms with Crippen molar-refractivity contribution in [1.29, 1.82) is 0 Å². The number of halogens is 2. The summed E-state index contributed by atoms with van der Waals surface area (Å²) in [6, 6.07) is 17.6. The first-order chi connectivity index (χ1) is 15.0. The number of ether oxygens (including phenoxy) is 1. The first-order valence-corrected chi connectivity index (χ1v) is 11.2. The number of nitrogens with zero attached hydrogens (tertiary/aromatic N) is 2. The van der Waals surface area contributed by atoms with E-state index in [2.05, 4.69) is 26.3 Å². The maximum Gasteiger partial charge on any atom is 0.266 e. The molecule has 0 bridgehead atoms. The van der Waals surface area contributed by atoms with Gasteiger partial charge in [-0.15, -0.1) is 11.3 Å². The minimum atomic E-state index is -0.349. The van der Waals surface area contributed by atoms with Crippen molar-refractivity contribution >= 4 is 39.0 Å². The van der Waals surface area contributed by atoms with Gasteiger partial charge in [-0.25, -0.2) is 4.39 Å². The number of anilines is 1. The van der Waals surface area contributed by atoms with Crippen molar-refractivity contribution in [3.05, 3.63) is 98.0 Å². The number of aryl methyl sites for hydroxylation is 1. The molecule has 0 spiro atoms. The molecule has 2 aromatic carbocycles. The molecule has 0 fully saturated rings. The fraction of sp³-hybridized carbons (Fsp3) is 0.130. The van der Waals surface area contributed by atoms with Gasteiger partial charge in [-0.1, -0.05) is 34.1 Å². The molecule has 31 heavy (non-hydrogen) atoms. The van der Waals surface area contributed by atoms with Crippen LogP contribution in [0.4, 0.5) is 10.2 Å². The highest BCUT2D eigenvalue weighted by molar-refractivity contribution is 9.10. The SMILES string of the molecule is Cc1cc(NC(=O)c2cc(COc3cccc(F)c3)cs2)nn1Cc1ccc(Br)cc1. The van der Waals surface area contributed by atoms with Crippen LogP contribution in [-0.2, 0) is 13.2 Å². The predicted octanol–water partition coefficient (Wildman–Crippen LogP) is 6.03. The second-order valence-electron chi connectivity index (χ2n) is 6.97. The van der Waals surface area contributed by atoms with E-state index in [1.807, 2.05) is 47.3 Å². The monoisotopic (exact) mass is 499 g/mol. The summed E-state index contributed by atoms with van der Waals surface area (Å²) in [7, 11) is 0. The summed E-state index contributed by atoms with van der Waals surface area (Å²) in [5.41, 5.74) is 2.92. The Balaban J connectivity index is 1.37. The van der Waals surface area contributed by atoms with Crippen molar-refractivity contribution in [3.8, 4) is 5.75 Å². The number of carbonyl (C=O) groups is 1. The van der Waals surface area contributed by atoms with E-state index in [4.69, 9.17) is 4.74 Å². The largest absolute Gasteiger partial charge is 0.489 e. The Kier molecular flexibility index (Phi) is 6.48. The molecule has 0 saturated heterocycles. The lowest BCUT2D eigenvalue weighted by Gasteiger charge is -2.05. The van der Waals surface area contributed by atoms with E-state index in [0.29, 0.717) is 23.0 Å². The molecule has 4 rings (SSSR count). The van der Waals surface area contributed by atoms with Gasteiger partial charge in [0.05, 0.1) is 11.4 Å². The number of hydrogen-bond acceptors (Lipinski definition) is 4. The molecule has 1 N–H and O–H groups in total. The van der Waals surface area contributed by atoms with E-state index in [-0.39, 0.29) is 18.3 Å². The van der Waals surface area contributed by atoms with Gasteiger partial charge in [0.2, 0.25) is 0 Å². The molecule has 0 aliphatic rings. The van der Waals surface area contributed by atoms with Crippen LogP contribution in [0.1, 0.15) is 26.5 Å². The number of carbonyl (C=O) groups excluding carboxylic acids is 1. The van der Waals surface area contributed by atoms with Crippen molar-refractivity contribution in [2.24, 2.45) is 0 Å². The Morgan fingerprint density at radius 1 is 1.16 bits per heavy atom. The molecule has 158 valence electrons. The summed E-state index contributed by atoms with van der Waals surface area (Å²) < 4.78 is 21.7. The van der Waals surface area contributed by atoms with Crippen LogP contribution in [0.15, 0.2) is 70.5 Å². The Morgan fingerprint density at radius 2 is 1.97 bits per heavy atom. The van der Waals surface area contributed by atoms with Gasteiger partial charge in [-0.2, -0.15) is 5.10 Å². The Labute approximate surface area is 191 Å². The number of amides is 1. The van der Waals surface area contributed by atoms with Crippen molar-refractivity contribution in [1.82, 2.24) is 9.78 Å². The van der Waals surface area contributed by atoms with Crippen LogP contribution in [-0.4, -0.2) is 15.7 Å². The van der Waals surface area contributed by atoms with E-state index >= 15 is 0 Å². The first-order valence-electron chi connectivity index (χ1n) is 9.52. The Bertz CT molecular complexity index is 1200. The normalized spacial score (nSPS) is 10.8. The van der Waals surface area contributed by atoms with E-state index in [0.717, 1.165) is 21.3 Å². The first kappa shape index (κ1) is 21.3. The second kappa shape index (κ2) is 9.45. The molecule has 2 aromatic heterocycles. The minimum absolute atomic E-state index is 0.227. The van der Waals surface area contributed by atoms with Crippen LogP contribution in [0, 0.1) is 12.7 Å². The number of thiophene rings is 1. The van der Waals surface area contributed by atoms with Gasteiger partial charge in [-0.05, 0) is 48.2 Å². The van der Waals surface area contributed by atoms with E-state index < -0.39 is 0 Å². The fourth-order valence-electron chi connectivity index (χ4n) is 2.97. The maximum atomic E-state index is 13.2. The molecule has 0 atom stereocenters. The zero-order valence-electron chi connectivity index (χ0n) is 16.6. The molecule has 1 amide bonds. The average Bonchev–Trinajstić information content (AvgIpc) is 3.35. The van der Waals surface area contributed by atoms with E-state index in [1.165, 1.54) is 23.5 Å². The molecule has 0 aliphatic heterocycles. The minimum Gasteiger partial charge on any atom is -0.489 e. The Morgan fingerprint density at radius 3 is 2.74 bits per heavy atom. The van der Waals surface area contributed by atoms with Gasteiger partial charge in [-0.3, -0.25) is 9.48 Å². The molecule has 0 saturated carbocycles. The molecule has 8 heteroatoms. The zero-order chi connectivity index (χ0) is 21.8. The fourth-order valence-corrected chi connectivity index (χ4v) is 4.02. The summed E-state index contributed by atoms with van der Waals surface area (Å²) in [6.45, 7) is 2.83. The van der Waals surface area contributed by atoms with Gasteiger partial charge in [0.1, 0.15) is 18.2 Å². The van der Waals surface area contributed by atoms with Gasteiger partial charge >= 0.3 is 0 Å². The third-order valence-corrected chi connectivity index (χ3v) is 6.05. The number of rotatable bonds is 7. The van der Waals surface area contributed by atoms with Crippen molar-refractivity contribution in [2.45, 2.75) is 20.1 Å². The number of aromatic nitrogens is 2. The van der Waals surface area contributed by atoms with E-state index in [9.17, 15) is 9.18 Å². The topological polar surface area (TPSA) is 56.1 Å². The molecular formula is C23H19BrFN3O2S. The van der Waals surface area contributed by atoms with Gasteiger partial charge in [0.25, 0.3) is 5.91 Å². The lowest BCUT2D eigenvalue weighted by atomic mass is 10.2. The summed E-state index contributed by atoms with van der Waals surface area (Å²) in [6.07, 6.45) is 0. The summed E-state index contributed by atoms with van der Waals surface area (Å²) in [5, 5.41) is 9.20. The average molecular weight is 500 g/mol. The molecule has 5 nitrogen and oxygen atoms in total. The lowest BCUT2D eigenvalue weighted by molar-refractivity contribution is 0.103. The summed E-state index contributed by atoms with van der Waals surface area (Å²) >= 11 is 4.76. The Hall–Kier alpha value is -2.97. The van der Waals surface area contributed by atoms with Crippen LogP contribution in [0.5, 0.6) is 5.75 Å². The van der Waals surface area contributed by atoms with Crippen LogP contribution >= 0.6 is 27.3 Å². The van der Waals surface area contributed by atoms with Gasteiger partial charge < -0.3 is 10.1 Å². The maximum absolute atomic E-state index is 13.2. The van der Waals surface area contributed by atoms with Gasteiger partial charge in [0.15, 0.2) is 5.82 Å². The van der Waals surface area contributed by atoms with Crippen molar-refractivity contribution < 1.29 is 13.9 Å². The van der Waals surface area contributed by atoms with E-state index in [1.54, 1.807) is 18.2 Å². The third kappa shape index (κ3) is 5.59. The lowest BCUT2D eigenvalue weighted by Crippen LogP contribution is -2.11. The molecule has 4 aromatic rings. The number of hydrogen-bond donors (Lipinski definition) is 1. The molecular weight excluding hydrogens is 481 g/mol. The molecule has 0 unspecified atom stereocenters. The predicted molar refractivity (Wildman–Crippen MR) is 123 cm³/mol. The smallest absolute Gasteiger partial charge is 0.266 e. The van der Waals surface area contributed by atoms with Crippen molar-refractivity contribution in [3.63, 3.8) is 0 Å². The zero-order valence-corrected chi connectivity index (χ0v) is 19.0. The number of benzene rings is 2. The highest BCUT2D eigenvalue weighted by atomic mass is 79.9. The van der Waals surface area contributed by atoms with Crippen molar-refractivity contribution in [2.75, 3.05) is 5.32 Å². The highest BCUT2D eigenvalue weighted by Gasteiger charge is 2.13. The molecule has 0 radical (unpaired) electrons. The summed E-state index contributed by atoms with van der Waals surface area (Å²) in [4.78, 5) is 13.2. The third-order valence-electron chi connectivity index (χ3n) is 4.55. The number of nitrogens with one attached hydrogen (secondary N) is 1. The van der Waals surface area contributed by atoms with Crippen LogP contribution in [0.3, 0.4) is 0 Å².